The molecule has 1 unspecified atom stereocenters. The number of hydrogen-bond donors (Lipinski definition) is 2. The second-order valence-electron chi connectivity index (χ2n) is 3.24. The zero-order valence-corrected chi connectivity index (χ0v) is 9.23. The normalized spacial score (nSPS) is 12.5. The molecule has 1 atom stereocenters. The fourth-order valence-corrected chi connectivity index (χ4v) is 1.64. The first kappa shape index (κ1) is 11.1. The fourth-order valence-electron chi connectivity index (χ4n) is 0.928. The third-order valence-corrected chi connectivity index (χ3v) is 2.85. The molecular weight excluding hydrogens is 198 g/mol. The second kappa shape index (κ2) is 5.07. The Hall–Kier alpha value is -0.940. The number of nitrogens with zero attached hydrogens (tertiary/aromatic N) is 1. The van der Waals surface area contributed by atoms with Crippen LogP contribution in [0.5, 0.6) is 0 Å². The monoisotopic (exact) mass is 213 g/mol. The fraction of sp³-hybridized carbons (Fsp3) is 0.556. The highest BCUT2D eigenvalue weighted by molar-refractivity contribution is 7.09. The minimum Gasteiger partial charge on any atom is -0.349 e. The topological polar surface area (TPSA) is 68.0 Å². The maximum Gasteiger partial charge on any atom is 0.224 e. The van der Waals surface area contributed by atoms with Gasteiger partial charge >= 0.3 is 0 Å². The minimum atomic E-state index is -0.129. The Bertz CT molecular complexity index is 311. The molecule has 1 amide bonds. The van der Waals surface area contributed by atoms with E-state index in [1.54, 1.807) is 11.3 Å². The van der Waals surface area contributed by atoms with Crippen LogP contribution in [0.15, 0.2) is 5.38 Å². The van der Waals surface area contributed by atoms with Crippen molar-refractivity contribution in [3.8, 4) is 0 Å². The summed E-state index contributed by atoms with van der Waals surface area (Å²) in [4.78, 5) is 15.6. The number of amides is 1. The van der Waals surface area contributed by atoms with Gasteiger partial charge in [0.1, 0.15) is 5.01 Å². The van der Waals surface area contributed by atoms with Crippen molar-refractivity contribution in [1.82, 2.24) is 10.3 Å². The van der Waals surface area contributed by atoms with Gasteiger partial charge in [-0.15, -0.1) is 11.3 Å². The highest BCUT2D eigenvalue weighted by Crippen LogP contribution is 2.08. The molecule has 78 valence electrons. The van der Waals surface area contributed by atoms with Crippen molar-refractivity contribution in [2.45, 2.75) is 20.4 Å². The van der Waals surface area contributed by atoms with Gasteiger partial charge in [-0.05, 0) is 6.92 Å². The van der Waals surface area contributed by atoms with Crippen molar-refractivity contribution in [2.75, 3.05) is 6.54 Å². The van der Waals surface area contributed by atoms with Crippen molar-refractivity contribution < 1.29 is 4.79 Å². The quantitative estimate of drug-likeness (QED) is 0.772. The van der Waals surface area contributed by atoms with E-state index < -0.39 is 0 Å². The van der Waals surface area contributed by atoms with E-state index in [4.69, 9.17) is 5.73 Å². The molecule has 0 saturated heterocycles. The minimum absolute atomic E-state index is 0.0136. The van der Waals surface area contributed by atoms with E-state index in [1.165, 1.54) is 0 Å². The van der Waals surface area contributed by atoms with Crippen LogP contribution in [0.3, 0.4) is 0 Å². The molecule has 3 N–H and O–H groups in total. The van der Waals surface area contributed by atoms with Crippen molar-refractivity contribution >= 4 is 17.2 Å². The van der Waals surface area contributed by atoms with E-state index in [9.17, 15) is 4.79 Å². The number of rotatable bonds is 4. The first-order valence-corrected chi connectivity index (χ1v) is 5.40. The number of aryl methyl sites for hydroxylation is 1. The number of carbonyl (C=O) groups is 1. The summed E-state index contributed by atoms with van der Waals surface area (Å²) < 4.78 is 0. The molecule has 0 saturated carbocycles. The van der Waals surface area contributed by atoms with E-state index in [2.05, 4.69) is 10.3 Å². The summed E-state index contributed by atoms with van der Waals surface area (Å²) in [6.45, 7) is 4.62. The van der Waals surface area contributed by atoms with Crippen LogP contribution in [0, 0.1) is 12.8 Å². The molecule has 1 aromatic heterocycles. The summed E-state index contributed by atoms with van der Waals surface area (Å²) in [6.07, 6.45) is 0. The van der Waals surface area contributed by atoms with Crippen LogP contribution >= 0.6 is 11.3 Å². The maximum atomic E-state index is 11.3. The number of carbonyl (C=O) groups excluding carboxylic acids is 1. The van der Waals surface area contributed by atoms with E-state index in [0.29, 0.717) is 13.1 Å². The molecule has 0 aliphatic carbocycles. The summed E-state index contributed by atoms with van der Waals surface area (Å²) in [5, 5.41) is 5.69. The van der Waals surface area contributed by atoms with Gasteiger partial charge in [0.25, 0.3) is 0 Å². The molecule has 4 nitrogen and oxygen atoms in total. The van der Waals surface area contributed by atoms with Crippen LogP contribution in [0.4, 0.5) is 0 Å². The van der Waals surface area contributed by atoms with Gasteiger partial charge in [-0.2, -0.15) is 0 Å². The Balaban J connectivity index is 2.37. The molecule has 14 heavy (non-hydrogen) atoms. The highest BCUT2D eigenvalue weighted by Gasteiger charge is 2.10. The Morgan fingerprint density at radius 2 is 2.50 bits per heavy atom. The Morgan fingerprint density at radius 3 is 3.00 bits per heavy atom. The van der Waals surface area contributed by atoms with Crippen LogP contribution < -0.4 is 11.1 Å². The predicted octanol–water partition coefficient (Wildman–Crippen LogP) is 0.663. The van der Waals surface area contributed by atoms with Crippen LogP contribution in [-0.4, -0.2) is 17.4 Å². The molecule has 1 aromatic rings. The van der Waals surface area contributed by atoms with Gasteiger partial charge in [-0.25, -0.2) is 4.98 Å². The van der Waals surface area contributed by atoms with Gasteiger partial charge in [-0.1, -0.05) is 6.92 Å². The molecular formula is C9H15N3OS. The number of hydrogen-bond acceptors (Lipinski definition) is 4. The van der Waals surface area contributed by atoms with E-state index in [0.717, 1.165) is 10.7 Å². The zero-order chi connectivity index (χ0) is 10.6. The lowest BCUT2D eigenvalue weighted by atomic mass is 10.2. The molecule has 0 aliphatic heterocycles. The van der Waals surface area contributed by atoms with Crippen LogP contribution in [0.1, 0.15) is 17.6 Å². The van der Waals surface area contributed by atoms with Crippen LogP contribution in [-0.2, 0) is 11.3 Å². The lowest BCUT2D eigenvalue weighted by molar-refractivity contribution is -0.124. The molecule has 1 rings (SSSR count). The average molecular weight is 213 g/mol. The average Bonchev–Trinajstić information content (AvgIpc) is 2.59. The predicted molar refractivity (Wildman–Crippen MR) is 56.9 cm³/mol. The standard InChI is InChI=1S/C9H15N3OS/c1-6(3-10)9(13)11-4-8-12-7(2)5-14-8/h5-6H,3-4,10H2,1-2H3,(H,11,13). The summed E-state index contributed by atoms with van der Waals surface area (Å²) >= 11 is 1.55. The first-order chi connectivity index (χ1) is 6.63. The molecule has 0 radical (unpaired) electrons. The van der Waals surface area contributed by atoms with E-state index in [1.807, 2.05) is 19.2 Å². The Labute approximate surface area is 87.5 Å². The second-order valence-corrected chi connectivity index (χ2v) is 4.18. The number of nitrogens with two attached hydrogens (primary N) is 1. The van der Waals surface area contributed by atoms with Gasteiger partial charge in [0.15, 0.2) is 0 Å². The Morgan fingerprint density at radius 1 is 1.79 bits per heavy atom. The largest absolute Gasteiger partial charge is 0.349 e. The van der Waals surface area contributed by atoms with E-state index in [-0.39, 0.29) is 11.8 Å². The van der Waals surface area contributed by atoms with Gasteiger partial charge in [-0.3, -0.25) is 4.79 Å². The molecule has 0 spiro atoms. The van der Waals surface area contributed by atoms with Crippen molar-refractivity contribution in [1.29, 1.82) is 0 Å². The van der Waals surface area contributed by atoms with Crippen LogP contribution in [0.25, 0.3) is 0 Å². The number of thiazole rings is 1. The summed E-state index contributed by atoms with van der Waals surface area (Å²) in [5.74, 6) is -0.142. The first-order valence-electron chi connectivity index (χ1n) is 4.52. The molecule has 5 heteroatoms. The van der Waals surface area contributed by atoms with Crippen LogP contribution in [0.2, 0.25) is 0 Å². The molecule has 0 bridgehead atoms. The maximum absolute atomic E-state index is 11.3. The molecule has 0 aliphatic rings. The lowest BCUT2D eigenvalue weighted by Gasteiger charge is -2.07. The van der Waals surface area contributed by atoms with Gasteiger partial charge in [0.05, 0.1) is 6.54 Å². The summed E-state index contributed by atoms with van der Waals surface area (Å²) in [5.41, 5.74) is 6.36. The van der Waals surface area contributed by atoms with Crippen molar-refractivity contribution in [3.05, 3.63) is 16.1 Å². The SMILES string of the molecule is Cc1csc(CNC(=O)C(C)CN)n1. The molecule has 0 fully saturated rings. The zero-order valence-electron chi connectivity index (χ0n) is 8.41. The third-order valence-electron chi connectivity index (χ3n) is 1.88. The van der Waals surface area contributed by atoms with Crippen molar-refractivity contribution in [2.24, 2.45) is 11.7 Å². The number of nitrogens with one attached hydrogen (secondary N) is 1. The van der Waals surface area contributed by atoms with Crippen molar-refractivity contribution in [3.63, 3.8) is 0 Å². The summed E-state index contributed by atoms with van der Waals surface area (Å²) in [6, 6.07) is 0. The smallest absolute Gasteiger partial charge is 0.224 e. The van der Waals surface area contributed by atoms with E-state index >= 15 is 0 Å². The number of aromatic nitrogens is 1. The highest BCUT2D eigenvalue weighted by atomic mass is 32.1. The third kappa shape index (κ3) is 3.08. The van der Waals surface area contributed by atoms with Gasteiger partial charge in [0, 0.05) is 23.5 Å². The van der Waals surface area contributed by atoms with Gasteiger partial charge < -0.3 is 11.1 Å². The molecule has 1 heterocycles. The van der Waals surface area contributed by atoms with Gasteiger partial charge in [0.2, 0.25) is 5.91 Å². The molecule has 0 aromatic carbocycles. The summed E-state index contributed by atoms with van der Waals surface area (Å²) in [7, 11) is 0. The Kier molecular flexibility index (Phi) is 4.03. The lowest BCUT2D eigenvalue weighted by Crippen LogP contribution is -2.32.